The van der Waals surface area contributed by atoms with Gasteiger partial charge in [-0.25, -0.2) is 0 Å². The van der Waals surface area contributed by atoms with Crippen LogP contribution in [0.3, 0.4) is 0 Å². The summed E-state index contributed by atoms with van der Waals surface area (Å²) >= 11 is 5.99. The molecular formula is C13H7ClN2O5. The van der Waals surface area contributed by atoms with Gasteiger partial charge in [0.1, 0.15) is 0 Å². The van der Waals surface area contributed by atoms with Crippen LogP contribution in [-0.4, -0.2) is 16.1 Å². The van der Waals surface area contributed by atoms with Crippen LogP contribution in [0.4, 0.5) is 11.4 Å². The van der Waals surface area contributed by atoms with Gasteiger partial charge in [0.2, 0.25) is 0 Å². The molecule has 7 nitrogen and oxygen atoms in total. The molecule has 0 fully saturated rings. The third-order valence-electron chi connectivity index (χ3n) is 2.83. The maximum absolute atomic E-state index is 11.1. The standard InChI is InChI=1S/C13H7ClN2O5/c14-13-6-10(16(20)21)2-4-12(13)11-3-1-9(15(18)19)5-8(11)7-17/h1-7H. The molecule has 2 aromatic rings. The molecule has 0 atom stereocenters. The van der Waals surface area contributed by atoms with Gasteiger partial charge < -0.3 is 0 Å². The number of nitro benzene ring substituents is 2. The van der Waals surface area contributed by atoms with Crippen molar-refractivity contribution in [3.05, 3.63) is 67.2 Å². The smallest absolute Gasteiger partial charge is 0.270 e. The Bertz CT molecular complexity index is 760. The predicted octanol–water partition coefficient (Wildman–Crippen LogP) is 3.64. The average molecular weight is 307 g/mol. The molecule has 8 heteroatoms. The Morgan fingerprint density at radius 3 is 1.90 bits per heavy atom. The number of nitro groups is 2. The Hall–Kier alpha value is -2.80. The first-order chi connectivity index (χ1) is 9.93. The molecule has 0 saturated carbocycles. The van der Waals surface area contributed by atoms with Crippen LogP contribution in [0.5, 0.6) is 0 Å². The Morgan fingerprint density at radius 2 is 1.43 bits per heavy atom. The highest BCUT2D eigenvalue weighted by Gasteiger charge is 2.16. The second kappa shape index (κ2) is 5.68. The molecule has 106 valence electrons. The van der Waals surface area contributed by atoms with Gasteiger partial charge in [-0.1, -0.05) is 11.6 Å². The molecule has 2 rings (SSSR count). The Balaban J connectivity index is 2.59. The van der Waals surface area contributed by atoms with Crippen molar-refractivity contribution in [2.45, 2.75) is 0 Å². The highest BCUT2D eigenvalue weighted by Crippen LogP contribution is 2.34. The van der Waals surface area contributed by atoms with Crippen LogP contribution in [0.1, 0.15) is 10.4 Å². The zero-order valence-electron chi connectivity index (χ0n) is 10.4. The summed E-state index contributed by atoms with van der Waals surface area (Å²) in [5.74, 6) is 0. The normalized spacial score (nSPS) is 10.1. The van der Waals surface area contributed by atoms with E-state index in [1.54, 1.807) is 0 Å². The molecule has 0 bridgehead atoms. The van der Waals surface area contributed by atoms with E-state index >= 15 is 0 Å². The first kappa shape index (κ1) is 14.6. The largest absolute Gasteiger partial charge is 0.298 e. The second-order valence-electron chi connectivity index (χ2n) is 4.07. The Labute approximate surface area is 123 Å². The van der Waals surface area contributed by atoms with Gasteiger partial charge in [0, 0.05) is 35.4 Å². The number of hydrogen-bond acceptors (Lipinski definition) is 5. The van der Waals surface area contributed by atoms with Crippen molar-refractivity contribution in [3.63, 3.8) is 0 Å². The third-order valence-corrected chi connectivity index (χ3v) is 3.14. The van der Waals surface area contributed by atoms with E-state index in [1.165, 1.54) is 24.3 Å². The van der Waals surface area contributed by atoms with Crippen LogP contribution < -0.4 is 0 Å². The van der Waals surface area contributed by atoms with Gasteiger partial charge in [0.05, 0.1) is 14.9 Å². The lowest BCUT2D eigenvalue weighted by atomic mass is 9.99. The van der Waals surface area contributed by atoms with Crippen LogP contribution in [0.25, 0.3) is 11.1 Å². The minimum absolute atomic E-state index is 0.0833. The predicted molar refractivity (Wildman–Crippen MR) is 75.6 cm³/mol. The van der Waals surface area contributed by atoms with Crippen molar-refractivity contribution in [2.75, 3.05) is 0 Å². The maximum atomic E-state index is 11.1. The number of nitrogens with zero attached hydrogens (tertiary/aromatic N) is 2. The van der Waals surface area contributed by atoms with E-state index < -0.39 is 9.85 Å². The molecule has 0 unspecified atom stereocenters. The van der Waals surface area contributed by atoms with Crippen LogP contribution in [-0.2, 0) is 0 Å². The minimum Gasteiger partial charge on any atom is -0.298 e. The van der Waals surface area contributed by atoms with E-state index in [0.717, 1.165) is 12.1 Å². The van der Waals surface area contributed by atoms with E-state index in [0.29, 0.717) is 17.4 Å². The third kappa shape index (κ3) is 2.87. The summed E-state index contributed by atoms with van der Waals surface area (Å²) in [6.07, 6.45) is 0.472. The summed E-state index contributed by atoms with van der Waals surface area (Å²) in [5, 5.41) is 21.4. The highest BCUT2D eigenvalue weighted by molar-refractivity contribution is 6.33. The van der Waals surface area contributed by atoms with Gasteiger partial charge >= 0.3 is 0 Å². The van der Waals surface area contributed by atoms with Gasteiger partial charge in [-0.05, 0) is 17.7 Å². The lowest BCUT2D eigenvalue weighted by molar-refractivity contribution is -0.385. The lowest BCUT2D eigenvalue weighted by Crippen LogP contribution is -1.94. The van der Waals surface area contributed by atoms with Gasteiger partial charge in [-0.3, -0.25) is 25.0 Å². The first-order valence-electron chi connectivity index (χ1n) is 5.62. The topological polar surface area (TPSA) is 103 Å². The first-order valence-corrected chi connectivity index (χ1v) is 5.99. The van der Waals surface area contributed by atoms with Crippen molar-refractivity contribution in [2.24, 2.45) is 0 Å². The molecule has 0 saturated heterocycles. The van der Waals surface area contributed by atoms with Crippen molar-refractivity contribution in [1.82, 2.24) is 0 Å². The molecule has 0 N–H and O–H groups in total. The molecule has 0 aromatic heterocycles. The molecular weight excluding hydrogens is 300 g/mol. The zero-order chi connectivity index (χ0) is 15.6. The second-order valence-corrected chi connectivity index (χ2v) is 4.47. The fourth-order valence-electron chi connectivity index (χ4n) is 1.84. The summed E-state index contributed by atoms with van der Waals surface area (Å²) in [7, 11) is 0. The number of benzene rings is 2. The number of aldehydes is 1. The molecule has 0 heterocycles. The fourth-order valence-corrected chi connectivity index (χ4v) is 2.12. The SMILES string of the molecule is O=Cc1cc([N+](=O)[O-])ccc1-c1ccc([N+](=O)[O-])cc1Cl. The number of non-ortho nitro benzene ring substituents is 2. The van der Waals surface area contributed by atoms with Crippen LogP contribution in [0.2, 0.25) is 5.02 Å². The number of halogens is 1. The summed E-state index contributed by atoms with van der Waals surface area (Å²) in [6.45, 7) is 0. The zero-order valence-corrected chi connectivity index (χ0v) is 11.1. The summed E-state index contributed by atoms with van der Waals surface area (Å²) in [4.78, 5) is 31.2. The van der Waals surface area contributed by atoms with E-state index in [1.807, 2.05) is 0 Å². The van der Waals surface area contributed by atoms with Crippen LogP contribution in [0, 0.1) is 20.2 Å². The average Bonchev–Trinajstić information content (AvgIpc) is 2.46. The number of carbonyl (C=O) groups excluding carboxylic acids is 1. The van der Waals surface area contributed by atoms with E-state index in [2.05, 4.69) is 0 Å². The molecule has 0 amide bonds. The van der Waals surface area contributed by atoms with Gasteiger partial charge in [0.15, 0.2) is 6.29 Å². The summed E-state index contributed by atoms with van der Waals surface area (Å²) in [6, 6.07) is 7.55. The Kier molecular flexibility index (Phi) is 3.95. The van der Waals surface area contributed by atoms with Crippen LogP contribution >= 0.6 is 11.6 Å². The number of rotatable bonds is 4. The molecule has 0 spiro atoms. The van der Waals surface area contributed by atoms with Gasteiger partial charge in [-0.2, -0.15) is 0 Å². The molecule has 21 heavy (non-hydrogen) atoms. The molecule has 2 aromatic carbocycles. The Morgan fingerprint density at radius 1 is 0.905 bits per heavy atom. The minimum atomic E-state index is -0.617. The van der Waals surface area contributed by atoms with Gasteiger partial charge in [-0.15, -0.1) is 0 Å². The quantitative estimate of drug-likeness (QED) is 0.487. The number of carbonyl (C=O) groups is 1. The van der Waals surface area contributed by atoms with E-state index in [9.17, 15) is 25.0 Å². The summed E-state index contributed by atoms with van der Waals surface area (Å²) in [5.41, 5.74) is 0.437. The fraction of sp³-hybridized carbons (Fsp3) is 0. The van der Waals surface area contributed by atoms with E-state index in [-0.39, 0.29) is 22.0 Å². The highest BCUT2D eigenvalue weighted by atomic mass is 35.5. The van der Waals surface area contributed by atoms with Crippen molar-refractivity contribution >= 4 is 29.3 Å². The monoisotopic (exact) mass is 306 g/mol. The van der Waals surface area contributed by atoms with Crippen molar-refractivity contribution in [3.8, 4) is 11.1 Å². The molecule has 0 aliphatic heterocycles. The molecule has 0 radical (unpaired) electrons. The molecule has 0 aliphatic carbocycles. The van der Waals surface area contributed by atoms with Crippen LogP contribution in [0.15, 0.2) is 36.4 Å². The van der Waals surface area contributed by atoms with Gasteiger partial charge in [0.25, 0.3) is 11.4 Å². The molecule has 0 aliphatic rings. The maximum Gasteiger partial charge on any atom is 0.270 e. The van der Waals surface area contributed by atoms with E-state index in [4.69, 9.17) is 11.6 Å². The number of hydrogen-bond donors (Lipinski definition) is 0. The lowest BCUT2D eigenvalue weighted by Gasteiger charge is -2.07. The van der Waals surface area contributed by atoms with Crippen molar-refractivity contribution < 1.29 is 14.6 Å². The summed E-state index contributed by atoms with van der Waals surface area (Å²) < 4.78 is 0. The van der Waals surface area contributed by atoms with Crippen molar-refractivity contribution in [1.29, 1.82) is 0 Å².